The predicted molar refractivity (Wildman–Crippen MR) is 75.5 cm³/mol. The van der Waals surface area contributed by atoms with Crippen molar-refractivity contribution < 1.29 is 14.6 Å². The minimum atomic E-state index is -0.913. The van der Waals surface area contributed by atoms with E-state index in [2.05, 4.69) is 19.2 Å². The molecule has 106 valence electrons. The summed E-state index contributed by atoms with van der Waals surface area (Å²) in [5, 5.41) is 11.6. The van der Waals surface area contributed by atoms with Gasteiger partial charge in [0.15, 0.2) is 0 Å². The molecule has 1 aromatic carbocycles. The minimum Gasteiger partial charge on any atom is -0.496 e. The molecule has 0 aromatic heterocycles. The van der Waals surface area contributed by atoms with Gasteiger partial charge in [0.1, 0.15) is 11.8 Å². The van der Waals surface area contributed by atoms with Crippen molar-refractivity contribution in [1.82, 2.24) is 0 Å². The number of aliphatic hydroxyl groups is 1. The van der Waals surface area contributed by atoms with Crippen LogP contribution >= 0.6 is 0 Å². The number of anilines is 1. The number of carbonyl (C=O) groups excluding carboxylic acids is 1. The van der Waals surface area contributed by atoms with Crippen LogP contribution in [0, 0.1) is 6.92 Å². The Labute approximate surface area is 113 Å². The Hall–Kier alpha value is -1.59. The Balaban J connectivity index is 3.08. The first-order valence-electron chi connectivity index (χ1n) is 6.26. The van der Waals surface area contributed by atoms with Gasteiger partial charge in [0.25, 0.3) is 0 Å². The zero-order valence-electron chi connectivity index (χ0n) is 11.9. The summed E-state index contributed by atoms with van der Waals surface area (Å²) in [6, 6.07) is 2.86. The maximum Gasteiger partial charge on any atom is 0.243 e. The van der Waals surface area contributed by atoms with Crippen LogP contribution in [0.2, 0.25) is 0 Å². The van der Waals surface area contributed by atoms with Crippen LogP contribution in [-0.4, -0.2) is 30.8 Å². The molecule has 1 unspecified atom stereocenters. The number of hydrogen-bond donors (Lipinski definition) is 3. The van der Waals surface area contributed by atoms with Crippen LogP contribution in [0.1, 0.15) is 30.9 Å². The highest BCUT2D eigenvalue weighted by molar-refractivity contribution is 5.95. The van der Waals surface area contributed by atoms with Crippen LogP contribution in [0.4, 0.5) is 5.69 Å². The quantitative estimate of drug-likeness (QED) is 0.751. The number of rotatable bonds is 5. The van der Waals surface area contributed by atoms with Gasteiger partial charge in [0.05, 0.1) is 13.7 Å². The lowest BCUT2D eigenvalue weighted by atomic mass is 9.99. The van der Waals surface area contributed by atoms with Crippen molar-refractivity contribution in [2.24, 2.45) is 5.73 Å². The average molecular weight is 266 g/mol. The minimum absolute atomic E-state index is 0.276. The molecule has 1 rings (SSSR count). The second kappa shape index (κ2) is 6.54. The Bertz CT molecular complexity index is 458. The molecule has 0 fully saturated rings. The molecule has 0 aliphatic carbocycles. The van der Waals surface area contributed by atoms with E-state index >= 15 is 0 Å². The standard InChI is InChI=1S/C14H22N2O3/c1-8(2)10-6-12(9(3)5-13(10)19-4)16-14(18)11(15)7-17/h5-6,8,11,17H,7,15H2,1-4H3,(H,16,18). The van der Waals surface area contributed by atoms with Crippen molar-refractivity contribution in [3.63, 3.8) is 0 Å². The van der Waals surface area contributed by atoms with Gasteiger partial charge in [-0.1, -0.05) is 13.8 Å². The molecule has 0 saturated heterocycles. The largest absolute Gasteiger partial charge is 0.496 e. The third-order valence-electron chi connectivity index (χ3n) is 2.99. The lowest BCUT2D eigenvalue weighted by Gasteiger charge is -2.17. The number of amides is 1. The van der Waals surface area contributed by atoms with Gasteiger partial charge >= 0.3 is 0 Å². The van der Waals surface area contributed by atoms with Crippen LogP contribution in [0.25, 0.3) is 0 Å². The number of ether oxygens (including phenoxy) is 1. The maximum atomic E-state index is 11.7. The molecule has 5 nitrogen and oxygen atoms in total. The molecule has 0 aliphatic rings. The molecule has 1 atom stereocenters. The van der Waals surface area contributed by atoms with Gasteiger partial charge in [-0.2, -0.15) is 0 Å². The van der Waals surface area contributed by atoms with Crippen molar-refractivity contribution in [2.75, 3.05) is 19.0 Å². The molecule has 4 N–H and O–H groups in total. The fourth-order valence-electron chi connectivity index (χ4n) is 1.77. The van der Waals surface area contributed by atoms with Crippen LogP contribution in [0.15, 0.2) is 12.1 Å². The Morgan fingerprint density at radius 3 is 2.58 bits per heavy atom. The van der Waals surface area contributed by atoms with E-state index in [1.165, 1.54) is 0 Å². The molecular formula is C14H22N2O3. The van der Waals surface area contributed by atoms with E-state index in [-0.39, 0.29) is 12.5 Å². The fourth-order valence-corrected chi connectivity index (χ4v) is 1.77. The van der Waals surface area contributed by atoms with E-state index in [9.17, 15) is 4.79 Å². The molecule has 1 amide bonds. The van der Waals surface area contributed by atoms with Crippen molar-refractivity contribution in [3.05, 3.63) is 23.3 Å². The predicted octanol–water partition coefficient (Wildman–Crippen LogP) is 1.39. The monoisotopic (exact) mass is 266 g/mol. The zero-order valence-corrected chi connectivity index (χ0v) is 11.9. The molecule has 19 heavy (non-hydrogen) atoms. The second-order valence-corrected chi connectivity index (χ2v) is 4.84. The zero-order chi connectivity index (χ0) is 14.6. The summed E-state index contributed by atoms with van der Waals surface area (Å²) in [7, 11) is 1.63. The molecule has 0 saturated carbocycles. The van der Waals surface area contributed by atoms with Gasteiger partial charge in [0.2, 0.25) is 5.91 Å². The summed E-state index contributed by atoms with van der Waals surface area (Å²) in [5.41, 5.74) is 8.08. The molecule has 0 heterocycles. The highest BCUT2D eigenvalue weighted by atomic mass is 16.5. The number of nitrogens with two attached hydrogens (primary N) is 1. The van der Waals surface area contributed by atoms with Crippen LogP contribution in [0.3, 0.4) is 0 Å². The summed E-state index contributed by atoms with van der Waals surface area (Å²) in [6.07, 6.45) is 0. The van der Waals surface area contributed by atoms with Gasteiger partial charge in [-0.25, -0.2) is 0 Å². The molecule has 0 aliphatic heterocycles. The highest BCUT2D eigenvalue weighted by Gasteiger charge is 2.16. The first-order valence-corrected chi connectivity index (χ1v) is 6.26. The normalized spacial score (nSPS) is 12.4. The summed E-state index contributed by atoms with van der Waals surface area (Å²) in [4.78, 5) is 11.7. The molecule has 1 aromatic rings. The summed E-state index contributed by atoms with van der Waals surface area (Å²) >= 11 is 0. The number of methoxy groups -OCH3 is 1. The summed E-state index contributed by atoms with van der Waals surface area (Å²) in [6.45, 7) is 5.61. The lowest BCUT2D eigenvalue weighted by molar-refractivity contribution is -0.118. The molecule has 5 heteroatoms. The van der Waals surface area contributed by atoms with Gasteiger partial charge < -0.3 is 20.9 Å². The fraction of sp³-hybridized carbons (Fsp3) is 0.500. The number of hydrogen-bond acceptors (Lipinski definition) is 4. The Morgan fingerprint density at radius 2 is 2.11 bits per heavy atom. The van der Waals surface area contributed by atoms with Gasteiger partial charge in [-0.05, 0) is 36.1 Å². The van der Waals surface area contributed by atoms with Crippen LogP contribution < -0.4 is 15.8 Å². The maximum absolute atomic E-state index is 11.7. The third kappa shape index (κ3) is 3.68. The topological polar surface area (TPSA) is 84.6 Å². The van der Waals surface area contributed by atoms with E-state index < -0.39 is 11.9 Å². The third-order valence-corrected chi connectivity index (χ3v) is 2.99. The first kappa shape index (κ1) is 15.5. The van der Waals surface area contributed by atoms with Gasteiger partial charge in [-0.15, -0.1) is 0 Å². The smallest absolute Gasteiger partial charge is 0.243 e. The van der Waals surface area contributed by atoms with Crippen LogP contribution in [-0.2, 0) is 4.79 Å². The Morgan fingerprint density at radius 1 is 1.47 bits per heavy atom. The van der Waals surface area contributed by atoms with E-state index in [4.69, 9.17) is 15.6 Å². The van der Waals surface area contributed by atoms with Crippen molar-refractivity contribution in [2.45, 2.75) is 32.7 Å². The van der Waals surface area contributed by atoms with E-state index in [1.807, 2.05) is 19.1 Å². The number of carbonyl (C=O) groups is 1. The number of aliphatic hydroxyl groups excluding tert-OH is 1. The van der Waals surface area contributed by atoms with E-state index in [0.717, 1.165) is 16.9 Å². The lowest BCUT2D eigenvalue weighted by Crippen LogP contribution is -2.38. The van der Waals surface area contributed by atoms with Crippen LogP contribution in [0.5, 0.6) is 5.75 Å². The molecule has 0 spiro atoms. The van der Waals surface area contributed by atoms with Gasteiger partial charge in [0, 0.05) is 5.69 Å². The number of aryl methyl sites for hydroxylation is 1. The number of benzene rings is 1. The van der Waals surface area contributed by atoms with Gasteiger partial charge in [-0.3, -0.25) is 4.79 Å². The van der Waals surface area contributed by atoms with E-state index in [0.29, 0.717) is 5.69 Å². The van der Waals surface area contributed by atoms with Crippen molar-refractivity contribution in [1.29, 1.82) is 0 Å². The van der Waals surface area contributed by atoms with E-state index in [1.54, 1.807) is 7.11 Å². The molecular weight excluding hydrogens is 244 g/mol. The second-order valence-electron chi connectivity index (χ2n) is 4.84. The number of nitrogens with one attached hydrogen (secondary N) is 1. The molecule has 0 radical (unpaired) electrons. The summed E-state index contributed by atoms with van der Waals surface area (Å²) < 4.78 is 5.34. The first-order chi connectivity index (χ1) is 8.90. The van der Waals surface area contributed by atoms with Crippen molar-refractivity contribution >= 4 is 11.6 Å². The SMILES string of the molecule is COc1cc(C)c(NC(=O)C(N)CO)cc1C(C)C. The molecule has 0 bridgehead atoms. The summed E-state index contributed by atoms with van der Waals surface area (Å²) in [5.74, 6) is 0.681. The average Bonchev–Trinajstić information content (AvgIpc) is 2.38. The van der Waals surface area contributed by atoms with Crippen molar-refractivity contribution in [3.8, 4) is 5.75 Å². The highest BCUT2D eigenvalue weighted by Crippen LogP contribution is 2.31. The Kier molecular flexibility index (Phi) is 5.32.